The summed E-state index contributed by atoms with van der Waals surface area (Å²) in [6.45, 7) is 2.02. The highest BCUT2D eigenvalue weighted by Crippen LogP contribution is 2.28. The number of aromatic nitrogens is 2. The molecule has 0 saturated heterocycles. The summed E-state index contributed by atoms with van der Waals surface area (Å²) in [6, 6.07) is 7.80. The molecular formula is C13H15N3O. The molecule has 0 fully saturated rings. The van der Waals surface area contributed by atoms with E-state index in [9.17, 15) is 0 Å². The molecule has 17 heavy (non-hydrogen) atoms. The van der Waals surface area contributed by atoms with Crippen molar-refractivity contribution in [2.45, 2.75) is 6.92 Å². The highest BCUT2D eigenvalue weighted by Gasteiger charge is 2.08. The van der Waals surface area contributed by atoms with Gasteiger partial charge in [0.1, 0.15) is 11.6 Å². The fraction of sp³-hybridized carbons (Fsp3) is 0.231. The van der Waals surface area contributed by atoms with Crippen LogP contribution in [0, 0.1) is 6.92 Å². The number of methoxy groups -OCH3 is 1. The Morgan fingerprint density at radius 2 is 2.06 bits per heavy atom. The molecule has 2 rings (SSSR count). The number of rotatable bonds is 3. The Morgan fingerprint density at radius 3 is 2.76 bits per heavy atom. The zero-order valence-electron chi connectivity index (χ0n) is 10.2. The van der Waals surface area contributed by atoms with Crippen LogP contribution in [0.5, 0.6) is 5.75 Å². The molecule has 0 unspecified atom stereocenters. The van der Waals surface area contributed by atoms with Crippen LogP contribution in [0.1, 0.15) is 5.56 Å². The van der Waals surface area contributed by atoms with Crippen molar-refractivity contribution in [2.75, 3.05) is 19.5 Å². The maximum absolute atomic E-state index is 5.35. The standard InChI is InChI=1S/C13H15N3O/c1-9-4-5-10(11(8-9)17-3)13-15-7-6-12(14-2)16-13/h4-8H,1-3H3,(H,14,15,16). The third-order valence-corrected chi connectivity index (χ3v) is 2.51. The van der Waals surface area contributed by atoms with Crippen molar-refractivity contribution >= 4 is 5.82 Å². The highest BCUT2D eigenvalue weighted by molar-refractivity contribution is 5.65. The Hall–Kier alpha value is -2.10. The van der Waals surface area contributed by atoms with Crippen LogP contribution in [0.15, 0.2) is 30.5 Å². The quantitative estimate of drug-likeness (QED) is 0.878. The summed E-state index contributed by atoms with van der Waals surface area (Å²) in [6.07, 6.45) is 1.73. The van der Waals surface area contributed by atoms with E-state index in [4.69, 9.17) is 4.74 Å². The van der Waals surface area contributed by atoms with Crippen LogP contribution in [-0.4, -0.2) is 24.1 Å². The second kappa shape index (κ2) is 4.82. The number of hydrogen-bond acceptors (Lipinski definition) is 4. The Labute approximate surface area is 101 Å². The summed E-state index contributed by atoms with van der Waals surface area (Å²) in [7, 11) is 3.48. The minimum Gasteiger partial charge on any atom is -0.496 e. The van der Waals surface area contributed by atoms with E-state index in [0.717, 1.165) is 22.7 Å². The second-order valence-corrected chi connectivity index (χ2v) is 3.72. The lowest BCUT2D eigenvalue weighted by atomic mass is 10.1. The zero-order chi connectivity index (χ0) is 12.3. The van der Waals surface area contributed by atoms with Gasteiger partial charge in [-0.05, 0) is 30.7 Å². The van der Waals surface area contributed by atoms with Crippen LogP contribution in [0.2, 0.25) is 0 Å². The first-order valence-electron chi connectivity index (χ1n) is 5.40. The van der Waals surface area contributed by atoms with E-state index in [1.54, 1.807) is 13.3 Å². The molecule has 0 amide bonds. The van der Waals surface area contributed by atoms with E-state index in [-0.39, 0.29) is 0 Å². The van der Waals surface area contributed by atoms with Crippen LogP contribution in [-0.2, 0) is 0 Å². The van der Waals surface area contributed by atoms with Crippen molar-refractivity contribution in [2.24, 2.45) is 0 Å². The highest BCUT2D eigenvalue weighted by atomic mass is 16.5. The van der Waals surface area contributed by atoms with Gasteiger partial charge in [-0.1, -0.05) is 6.07 Å². The molecule has 0 atom stereocenters. The minimum atomic E-state index is 0.661. The van der Waals surface area contributed by atoms with Crippen molar-refractivity contribution in [3.63, 3.8) is 0 Å². The smallest absolute Gasteiger partial charge is 0.165 e. The van der Waals surface area contributed by atoms with E-state index < -0.39 is 0 Å². The number of ether oxygens (including phenoxy) is 1. The monoisotopic (exact) mass is 229 g/mol. The SMILES string of the molecule is CNc1ccnc(-c2ccc(C)cc2OC)n1. The average Bonchev–Trinajstić information content (AvgIpc) is 2.38. The number of nitrogens with one attached hydrogen (secondary N) is 1. The molecule has 2 aromatic rings. The van der Waals surface area contributed by atoms with Gasteiger partial charge in [0, 0.05) is 13.2 Å². The Balaban J connectivity index is 2.51. The molecule has 4 nitrogen and oxygen atoms in total. The van der Waals surface area contributed by atoms with Crippen molar-refractivity contribution in [3.05, 3.63) is 36.0 Å². The predicted octanol–water partition coefficient (Wildman–Crippen LogP) is 2.50. The van der Waals surface area contributed by atoms with Gasteiger partial charge < -0.3 is 10.1 Å². The van der Waals surface area contributed by atoms with Crippen molar-refractivity contribution in [3.8, 4) is 17.1 Å². The predicted molar refractivity (Wildman–Crippen MR) is 68.3 cm³/mol. The number of anilines is 1. The summed E-state index contributed by atoms with van der Waals surface area (Å²) >= 11 is 0. The lowest BCUT2D eigenvalue weighted by Gasteiger charge is -2.09. The topological polar surface area (TPSA) is 47.0 Å². The van der Waals surface area contributed by atoms with Crippen LogP contribution in [0.3, 0.4) is 0 Å². The zero-order valence-corrected chi connectivity index (χ0v) is 10.2. The molecule has 1 heterocycles. The lowest BCUT2D eigenvalue weighted by Crippen LogP contribution is -1.97. The number of nitrogens with zero attached hydrogens (tertiary/aromatic N) is 2. The van der Waals surface area contributed by atoms with Crippen LogP contribution in [0.4, 0.5) is 5.82 Å². The summed E-state index contributed by atoms with van der Waals surface area (Å²) in [5.74, 6) is 2.24. The van der Waals surface area contributed by atoms with Crippen molar-refractivity contribution in [1.29, 1.82) is 0 Å². The van der Waals surface area contributed by atoms with Gasteiger partial charge in [-0.2, -0.15) is 0 Å². The fourth-order valence-electron chi connectivity index (χ4n) is 1.61. The van der Waals surface area contributed by atoms with Gasteiger partial charge in [0.05, 0.1) is 12.7 Å². The van der Waals surface area contributed by atoms with E-state index in [2.05, 4.69) is 15.3 Å². The third kappa shape index (κ3) is 2.36. The Bertz CT molecular complexity index is 526. The number of aryl methyl sites for hydroxylation is 1. The summed E-state index contributed by atoms with van der Waals surface area (Å²) < 4.78 is 5.35. The maximum Gasteiger partial charge on any atom is 0.165 e. The van der Waals surface area contributed by atoms with E-state index in [1.807, 2.05) is 38.2 Å². The molecular weight excluding hydrogens is 214 g/mol. The summed E-state index contributed by atoms with van der Waals surface area (Å²) in [4.78, 5) is 8.66. The molecule has 0 aliphatic rings. The first kappa shape index (κ1) is 11.4. The molecule has 0 aliphatic heterocycles. The molecule has 0 aliphatic carbocycles. The number of benzene rings is 1. The Kier molecular flexibility index (Phi) is 3.23. The Morgan fingerprint density at radius 1 is 1.24 bits per heavy atom. The minimum absolute atomic E-state index is 0.661. The van der Waals surface area contributed by atoms with Gasteiger partial charge in [-0.3, -0.25) is 0 Å². The fourth-order valence-corrected chi connectivity index (χ4v) is 1.61. The molecule has 0 bridgehead atoms. The first-order chi connectivity index (χ1) is 8.24. The molecule has 88 valence electrons. The third-order valence-electron chi connectivity index (χ3n) is 2.51. The molecule has 1 aromatic carbocycles. The molecule has 0 spiro atoms. The van der Waals surface area contributed by atoms with E-state index in [1.165, 1.54) is 0 Å². The van der Waals surface area contributed by atoms with Crippen LogP contribution < -0.4 is 10.1 Å². The van der Waals surface area contributed by atoms with Gasteiger partial charge in [0.25, 0.3) is 0 Å². The van der Waals surface area contributed by atoms with Crippen LogP contribution >= 0.6 is 0 Å². The molecule has 4 heteroatoms. The molecule has 0 radical (unpaired) electrons. The van der Waals surface area contributed by atoms with Crippen molar-refractivity contribution in [1.82, 2.24) is 9.97 Å². The van der Waals surface area contributed by atoms with E-state index in [0.29, 0.717) is 5.82 Å². The van der Waals surface area contributed by atoms with Crippen LogP contribution in [0.25, 0.3) is 11.4 Å². The first-order valence-corrected chi connectivity index (χ1v) is 5.40. The van der Waals surface area contributed by atoms with Gasteiger partial charge >= 0.3 is 0 Å². The van der Waals surface area contributed by atoms with Crippen molar-refractivity contribution < 1.29 is 4.74 Å². The van der Waals surface area contributed by atoms with Gasteiger partial charge in [-0.15, -0.1) is 0 Å². The van der Waals surface area contributed by atoms with Gasteiger partial charge in [0.15, 0.2) is 5.82 Å². The molecule has 0 saturated carbocycles. The normalized spacial score (nSPS) is 10.1. The van der Waals surface area contributed by atoms with E-state index >= 15 is 0 Å². The average molecular weight is 229 g/mol. The summed E-state index contributed by atoms with van der Waals surface area (Å²) in [5, 5.41) is 2.99. The second-order valence-electron chi connectivity index (χ2n) is 3.72. The summed E-state index contributed by atoms with van der Waals surface area (Å²) in [5.41, 5.74) is 2.05. The molecule has 1 N–H and O–H groups in total. The largest absolute Gasteiger partial charge is 0.496 e. The van der Waals surface area contributed by atoms with Gasteiger partial charge in [0.2, 0.25) is 0 Å². The number of hydrogen-bond donors (Lipinski definition) is 1. The van der Waals surface area contributed by atoms with Gasteiger partial charge in [-0.25, -0.2) is 9.97 Å². The lowest BCUT2D eigenvalue weighted by molar-refractivity contribution is 0.416. The molecule has 1 aromatic heterocycles. The maximum atomic E-state index is 5.35.